The number of carbonyl (C=O) groups is 1. The van der Waals surface area contributed by atoms with Crippen LogP contribution in [0, 0.1) is 0 Å². The van der Waals surface area contributed by atoms with Gasteiger partial charge >= 0.3 is 0 Å². The Balaban J connectivity index is 2.31. The lowest BCUT2D eigenvalue weighted by atomic mass is 10.1. The number of halogens is 1. The molecule has 0 amide bonds. The number of hydrogen-bond acceptors (Lipinski definition) is 5. The van der Waals surface area contributed by atoms with Crippen LogP contribution in [0.1, 0.15) is 15.9 Å². The van der Waals surface area contributed by atoms with Crippen LogP contribution in [0.4, 0.5) is 0 Å². The zero-order chi connectivity index (χ0) is 18.1. The summed E-state index contributed by atoms with van der Waals surface area (Å²) in [7, 11) is 3.01. The van der Waals surface area contributed by atoms with E-state index >= 15 is 0 Å². The summed E-state index contributed by atoms with van der Waals surface area (Å²) in [4.78, 5) is 12.7. The molecule has 0 saturated heterocycles. The smallest absolute Gasteiger partial charge is 0.193 e. The normalized spacial score (nSPS) is 10.8. The van der Waals surface area contributed by atoms with Crippen molar-refractivity contribution in [3.63, 3.8) is 0 Å². The molecule has 0 radical (unpaired) electrons. The number of rotatable bonds is 9. The third kappa shape index (κ3) is 5.60. The highest BCUT2D eigenvalue weighted by molar-refractivity contribution is 6.30. The summed E-state index contributed by atoms with van der Waals surface area (Å²) >= 11 is 5.96. The van der Waals surface area contributed by atoms with E-state index in [1.165, 1.54) is 20.3 Å². The molecule has 0 spiro atoms. The highest BCUT2D eigenvalue weighted by atomic mass is 35.5. The molecule has 5 nitrogen and oxygen atoms in total. The van der Waals surface area contributed by atoms with Crippen LogP contribution in [0.25, 0.3) is 6.08 Å². The van der Waals surface area contributed by atoms with E-state index in [0.29, 0.717) is 22.1 Å². The van der Waals surface area contributed by atoms with Crippen LogP contribution in [0.15, 0.2) is 48.5 Å². The SMILES string of the molecule is COCOc1cccc(OCOC)c1C(=O)/C=C/c1cccc(Cl)c1. The van der Waals surface area contributed by atoms with E-state index in [-0.39, 0.29) is 19.4 Å². The van der Waals surface area contributed by atoms with E-state index in [2.05, 4.69) is 0 Å². The maximum atomic E-state index is 12.7. The maximum Gasteiger partial charge on any atom is 0.193 e. The summed E-state index contributed by atoms with van der Waals surface area (Å²) in [5, 5.41) is 0.600. The Morgan fingerprint density at radius 3 is 2.16 bits per heavy atom. The van der Waals surface area contributed by atoms with E-state index in [1.807, 2.05) is 12.1 Å². The van der Waals surface area contributed by atoms with Crippen molar-refractivity contribution in [1.29, 1.82) is 0 Å². The zero-order valence-corrected chi connectivity index (χ0v) is 14.8. The summed E-state index contributed by atoms with van der Waals surface area (Å²) < 4.78 is 20.8. The highest BCUT2D eigenvalue weighted by Gasteiger charge is 2.17. The first-order valence-corrected chi connectivity index (χ1v) is 7.88. The Morgan fingerprint density at radius 1 is 1.00 bits per heavy atom. The molecular weight excluding hydrogens is 344 g/mol. The molecule has 25 heavy (non-hydrogen) atoms. The fourth-order valence-electron chi connectivity index (χ4n) is 2.10. The Hall–Kier alpha value is -2.34. The number of carbonyl (C=O) groups excluding carboxylic acids is 1. The Bertz CT molecular complexity index is 716. The van der Waals surface area contributed by atoms with Crippen molar-refractivity contribution in [2.75, 3.05) is 27.8 Å². The maximum absolute atomic E-state index is 12.7. The van der Waals surface area contributed by atoms with E-state index in [4.69, 9.17) is 30.5 Å². The minimum absolute atomic E-state index is 0.0199. The van der Waals surface area contributed by atoms with Gasteiger partial charge in [-0.2, -0.15) is 0 Å². The van der Waals surface area contributed by atoms with Crippen LogP contribution in [0.2, 0.25) is 5.02 Å². The van der Waals surface area contributed by atoms with Gasteiger partial charge in [-0.15, -0.1) is 0 Å². The molecule has 2 aromatic carbocycles. The molecule has 0 atom stereocenters. The van der Waals surface area contributed by atoms with Crippen molar-refractivity contribution in [1.82, 2.24) is 0 Å². The van der Waals surface area contributed by atoms with Crippen LogP contribution in [-0.4, -0.2) is 33.6 Å². The number of hydrogen-bond donors (Lipinski definition) is 0. The summed E-state index contributed by atoms with van der Waals surface area (Å²) in [6, 6.07) is 12.3. The minimum atomic E-state index is -0.266. The molecule has 0 saturated carbocycles. The largest absolute Gasteiger partial charge is 0.467 e. The van der Waals surface area contributed by atoms with Crippen LogP contribution in [0.3, 0.4) is 0 Å². The summed E-state index contributed by atoms with van der Waals surface area (Å²) in [6.45, 7) is 0.0397. The van der Waals surface area contributed by atoms with E-state index in [0.717, 1.165) is 5.56 Å². The molecule has 0 bridgehead atoms. The highest BCUT2D eigenvalue weighted by Crippen LogP contribution is 2.30. The van der Waals surface area contributed by atoms with E-state index in [1.54, 1.807) is 36.4 Å². The van der Waals surface area contributed by atoms with Crippen molar-refractivity contribution >= 4 is 23.5 Å². The monoisotopic (exact) mass is 362 g/mol. The van der Waals surface area contributed by atoms with Gasteiger partial charge in [-0.3, -0.25) is 4.79 Å². The first-order valence-electron chi connectivity index (χ1n) is 7.50. The van der Waals surface area contributed by atoms with Crippen molar-refractivity contribution in [2.45, 2.75) is 0 Å². The number of allylic oxidation sites excluding steroid dienone is 1. The number of ketones is 1. The first kappa shape index (κ1) is 19.0. The number of benzene rings is 2. The van der Waals surface area contributed by atoms with Crippen LogP contribution in [-0.2, 0) is 9.47 Å². The molecular formula is C19H19ClO5. The van der Waals surface area contributed by atoms with Gasteiger partial charge in [0, 0.05) is 19.2 Å². The predicted octanol–water partition coefficient (Wildman–Crippen LogP) is 4.20. The first-order chi connectivity index (χ1) is 12.2. The second-order valence-corrected chi connectivity index (χ2v) is 5.42. The fourth-order valence-corrected chi connectivity index (χ4v) is 2.30. The van der Waals surface area contributed by atoms with Gasteiger partial charge in [-0.1, -0.05) is 35.9 Å². The topological polar surface area (TPSA) is 54.0 Å². The Labute approximate surface area is 151 Å². The standard InChI is InChI=1S/C19H19ClO5/c1-22-12-24-17-7-4-8-18(25-13-23-2)19(17)16(21)10-9-14-5-3-6-15(20)11-14/h3-11H,12-13H2,1-2H3/b10-9+. The van der Waals surface area contributed by atoms with Crippen molar-refractivity contribution in [2.24, 2.45) is 0 Å². The zero-order valence-electron chi connectivity index (χ0n) is 14.0. The molecule has 0 N–H and O–H groups in total. The van der Waals surface area contributed by atoms with Gasteiger partial charge in [-0.25, -0.2) is 0 Å². The average Bonchev–Trinajstić information content (AvgIpc) is 2.62. The minimum Gasteiger partial charge on any atom is -0.467 e. The quantitative estimate of drug-likeness (QED) is 0.380. The molecule has 6 heteroatoms. The van der Waals surface area contributed by atoms with Gasteiger partial charge in [0.05, 0.1) is 0 Å². The lowest BCUT2D eigenvalue weighted by Crippen LogP contribution is -2.09. The third-order valence-electron chi connectivity index (χ3n) is 3.17. The van der Waals surface area contributed by atoms with E-state index in [9.17, 15) is 4.79 Å². The molecule has 0 aromatic heterocycles. The second kappa shape index (κ2) is 9.84. The molecule has 2 rings (SSSR count). The summed E-state index contributed by atoms with van der Waals surface area (Å²) in [6.07, 6.45) is 3.13. The van der Waals surface area contributed by atoms with E-state index < -0.39 is 0 Å². The van der Waals surface area contributed by atoms with Gasteiger partial charge in [0.2, 0.25) is 0 Å². The Kier molecular flexibility index (Phi) is 7.47. The van der Waals surface area contributed by atoms with Gasteiger partial charge in [0.25, 0.3) is 0 Å². The molecule has 0 fully saturated rings. The number of methoxy groups -OCH3 is 2. The Morgan fingerprint density at radius 2 is 1.60 bits per heavy atom. The molecule has 0 aliphatic rings. The van der Waals surface area contributed by atoms with Gasteiger partial charge in [0.15, 0.2) is 19.4 Å². The third-order valence-corrected chi connectivity index (χ3v) is 3.41. The molecule has 0 aliphatic heterocycles. The van der Waals surface area contributed by atoms with Crippen LogP contribution < -0.4 is 9.47 Å². The van der Waals surface area contributed by atoms with Crippen molar-refractivity contribution in [3.8, 4) is 11.5 Å². The molecule has 2 aromatic rings. The molecule has 132 valence electrons. The van der Waals surface area contributed by atoms with Gasteiger partial charge in [-0.05, 0) is 35.9 Å². The summed E-state index contributed by atoms with van der Waals surface area (Å²) in [5.41, 5.74) is 1.12. The fraction of sp³-hybridized carbons (Fsp3) is 0.211. The second-order valence-electron chi connectivity index (χ2n) is 4.98. The molecule has 0 heterocycles. The van der Waals surface area contributed by atoms with Gasteiger partial charge < -0.3 is 18.9 Å². The van der Waals surface area contributed by atoms with Gasteiger partial charge in [0.1, 0.15) is 17.1 Å². The van der Waals surface area contributed by atoms with Crippen LogP contribution >= 0.6 is 11.6 Å². The lowest BCUT2D eigenvalue weighted by molar-refractivity contribution is 0.0447. The van der Waals surface area contributed by atoms with Crippen molar-refractivity contribution < 1.29 is 23.7 Å². The number of ether oxygens (including phenoxy) is 4. The molecule has 0 aliphatic carbocycles. The predicted molar refractivity (Wildman–Crippen MR) is 96.3 cm³/mol. The van der Waals surface area contributed by atoms with Crippen LogP contribution in [0.5, 0.6) is 11.5 Å². The van der Waals surface area contributed by atoms with Crippen molar-refractivity contribution in [3.05, 3.63) is 64.7 Å². The average molecular weight is 363 g/mol. The lowest BCUT2D eigenvalue weighted by Gasteiger charge is -2.13. The summed E-state index contributed by atoms with van der Waals surface area (Å²) in [5.74, 6) is 0.477. The molecule has 0 unspecified atom stereocenters.